The Balaban J connectivity index is 1.42. The summed E-state index contributed by atoms with van der Waals surface area (Å²) in [5, 5.41) is 11.4. The minimum absolute atomic E-state index is 0.0524. The quantitative estimate of drug-likeness (QED) is 0.212. The van der Waals surface area contributed by atoms with Gasteiger partial charge in [0.15, 0.2) is 18.5 Å². The molecule has 0 aliphatic carbocycles. The zero-order valence-corrected chi connectivity index (χ0v) is 23.1. The van der Waals surface area contributed by atoms with Gasteiger partial charge in [-0.2, -0.15) is 0 Å². The maximum atomic E-state index is 13.2. The molecule has 0 bridgehead atoms. The lowest BCUT2D eigenvalue weighted by molar-refractivity contribution is -0.302. The molecule has 0 saturated carbocycles. The lowest BCUT2D eigenvalue weighted by Crippen LogP contribution is -2.62. The van der Waals surface area contributed by atoms with Crippen LogP contribution in [-0.2, 0) is 30.3 Å². The number of carbonyl (C=O) groups excluding carboxylic acids is 3. The molecule has 0 amide bonds. The van der Waals surface area contributed by atoms with Crippen molar-refractivity contribution in [1.82, 2.24) is 0 Å². The van der Waals surface area contributed by atoms with Crippen molar-refractivity contribution >= 4 is 17.9 Å². The van der Waals surface area contributed by atoms with E-state index in [-0.39, 0.29) is 17.7 Å². The first kappa shape index (κ1) is 29.7. The zero-order valence-electron chi connectivity index (χ0n) is 23.1. The first-order chi connectivity index (χ1) is 21.0. The predicted molar refractivity (Wildman–Crippen MR) is 154 cm³/mol. The third-order valence-corrected chi connectivity index (χ3v) is 6.77. The van der Waals surface area contributed by atoms with E-state index in [0.717, 1.165) is 5.56 Å². The van der Waals surface area contributed by atoms with Crippen LogP contribution in [0.25, 0.3) is 0 Å². The smallest absolute Gasteiger partial charge is 0.338 e. The van der Waals surface area contributed by atoms with Gasteiger partial charge in [-0.05, 0) is 42.0 Å². The molecule has 43 heavy (non-hydrogen) atoms. The SMILES string of the molecule is O=C(OC[C@H]1O[C@@H](OCc2ccccc2)[C@H](OC(=O)c2ccccc2)[C@@H](OC(=O)c2ccccc2)[C@H]1O)c1ccccc1. The molecule has 1 N–H and O–H groups in total. The standard InChI is InChI=1S/C34H30O9/c35-28-27(22-39-31(36)24-15-7-2-8-16-24)41-34(40-21-23-13-5-1-6-14-23)30(43-33(38)26-19-11-4-12-20-26)29(28)42-32(37)25-17-9-3-10-18-25/h1-20,27-30,34-35H,21-22H2/t27-,28+,29+,30-,34-/m1/s1. The number of benzene rings is 4. The number of esters is 3. The lowest BCUT2D eigenvalue weighted by Gasteiger charge is -2.43. The van der Waals surface area contributed by atoms with E-state index in [9.17, 15) is 19.5 Å². The zero-order chi connectivity index (χ0) is 30.0. The van der Waals surface area contributed by atoms with Gasteiger partial charge >= 0.3 is 17.9 Å². The molecule has 9 nitrogen and oxygen atoms in total. The third-order valence-electron chi connectivity index (χ3n) is 6.77. The Morgan fingerprint density at radius 3 is 1.56 bits per heavy atom. The van der Waals surface area contributed by atoms with Gasteiger partial charge in [-0.15, -0.1) is 0 Å². The Bertz CT molecular complexity index is 1480. The van der Waals surface area contributed by atoms with Crippen molar-refractivity contribution in [2.75, 3.05) is 6.61 Å². The van der Waals surface area contributed by atoms with Gasteiger partial charge in [-0.25, -0.2) is 14.4 Å². The molecule has 4 aromatic rings. The summed E-state index contributed by atoms with van der Waals surface area (Å²) in [5.41, 5.74) is 1.58. The number of aliphatic hydroxyl groups is 1. The average Bonchev–Trinajstić information content (AvgIpc) is 3.06. The summed E-state index contributed by atoms with van der Waals surface area (Å²) in [5.74, 6) is -2.12. The van der Waals surface area contributed by atoms with Gasteiger partial charge in [0.05, 0.1) is 23.3 Å². The van der Waals surface area contributed by atoms with Crippen molar-refractivity contribution < 1.29 is 43.2 Å². The fraction of sp³-hybridized carbons (Fsp3) is 0.206. The van der Waals surface area contributed by atoms with Gasteiger partial charge < -0.3 is 28.8 Å². The number of hydrogen-bond acceptors (Lipinski definition) is 9. The summed E-state index contributed by atoms with van der Waals surface area (Å²) < 4.78 is 29.1. The molecule has 0 aromatic heterocycles. The van der Waals surface area contributed by atoms with Gasteiger partial charge in [-0.1, -0.05) is 84.9 Å². The van der Waals surface area contributed by atoms with E-state index in [1.54, 1.807) is 91.0 Å². The fourth-order valence-corrected chi connectivity index (χ4v) is 4.52. The van der Waals surface area contributed by atoms with Crippen molar-refractivity contribution in [3.8, 4) is 0 Å². The highest BCUT2D eigenvalue weighted by molar-refractivity contribution is 5.90. The summed E-state index contributed by atoms with van der Waals surface area (Å²) in [6, 6.07) is 34.0. The lowest BCUT2D eigenvalue weighted by atomic mass is 9.98. The molecular weight excluding hydrogens is 552 g/mol. The molecule has 5 atom stereocenters. The molecule has 1 aliphatic heterocycles. The molecular formula is C34H30O9. The molecule has 1 heterocycles. The van der Waals surface area contributed by atoms with E-state index in [1.807, 2.05) is 30.3 Å². The summed E-state index contributed by atoms with van der Waals surface area (Å²) >= 11 is 0. The van der Waals surface area contributed by atoms with E-state index in [1.165, 1.54) is 0 Å². The van der Waals surface area contributed by atoms with Crippen LogP contribution in [-0.4, -0.2) is 60.3 Å². The third kappa shape index (κ3) is 7.72. The highest BCUT2D eigenvalue weighted by atomic mass is 16.7. The molecule has 1 fully saturated rings. The molecule has 9 heteroatoms. The number of carbonyl (C=O) groups is 3. The number of hydrogen-bond donors (Lipinski definition) is 1. The molecule has 220 valence electrons. The average molecular weight is 583 g/mol. The molecule has 1 aliphatic rings. The summed E-state index contributed by atoms with van der Waals surface area (Å²) in [6.45, 7) is -0.338. The van der Waals surface area contributed by atoms with Gasteiger partial charge in [-0.3, -0.25) is 0 Å². The van der Waals surface area contributed by atoms with E-state index < -0.39 is 55.2 Å². The highest BCUT2D eigenvalue weighted by Crippen LogP contribution is 2.30. The van der Waals surface area contributed by atoms with Crippen molar-refractivity contribution in [3.63, 3.8) is 0 Å². The van der Waals surface area contributed by atoms with Crippen LogP contribution in [0, 0.1) is 0 Å². The number of ether oxygens (including phenoxy) is 5. The Hall–Kier alpha value is -4.83. The maximum absolute atomic E-state index is 13.2. The van der Waals surface area contributed by atoms with E-state index in [2.05, 4.69) is 0 Å². The summed E-state index contributed by atoms with van der Waals surface area (Å²) in [7, 11) is 0. The largest absolute Gasteiger partial charge is 0.459 e. The van der Waals surface area contributed by atoms with Crippen LogP contribution in [0.3, 0.4) is 0 Å². The highest BCUT2D eigenvalue weighted by Gasteiger charge is 2.51. The van der Waals surface area contributed by atoms with E-state index in [4.69, 9.17) is 23.7 Å². The Morgan fingerprint density at radius 2 is 1.05 bits per heavy atom. The van der Waals surface area contributed by atoms with Gasteiger partial charge in [0.1, 0.15) is 18.8 Å². The van der Waals surface area contributed by atoms with Crippen LogP contribution in [0.2, 0.25) is 0 Å². The minimum atomic E-state index is -1.55. The van der Waals surface area contributed by atoms with Crippen molar-refractivity contribution in [3.05, 3.63) is 144 Å². The van der Waals surface area contributed by atoms with Crippen LogP contribution < -0.4 is 0 Å². The normalized spacial score (nSPS) is 21.4. The minimum Gasteiger partial charge on any atom is -0.459 e. The Morgan fingerprint density at radius 1 is 0.605 bits per heavy atom. The number of rotatable bonds is 10. The second kappa shape index (κ2) is 14.4. The molecule has 5 rings (SSSR count). The first-order valence-corrected chi connectivity index (χ1v) is 13.7. The van der Waals surface area contributed by atoms with Crippen LogP contribution in [0.15, 0.2) is 121 Å². The molecule has 4 aromatic carbocycles. The van der Waals surface area contributed by atoms with Crippen LogP contribution in [0.5, 0.6) is 0 Å². The van der Waals surface area contributed by atoms with E-state index in [0.29, 0.717) is 5.56 Å². The van der Waals surface area contributed by atoms with Gasteiger partial charge in [0.25, 0.3) is 0 Å². The molecule has 0 radical (unpaired) electrons. The second-order valence-electron chi connectivity index (χ2n) is 9.77. The van der Waals surface area contributed by atoms with Gasteiger partial charge in [0.2, 0.25) is 0 Å². The van der Waals surface area contributed by atoms with E-state index >= 15 is 0 Å². The Kier molecular flexibility index (Phi) is 9.91. The van der Waals surface area contributed by atoms with Crippen LogP contribution in [0.1, 0.15) is 36.6 Å². The van der Waals surface area contributed by atoms with Crippen LogP contribution >= 0.6 is 0 Å². The summed E-state index contributed by atoms with van der Waals surface area (Å²) in [6.07, 6.45) is -6.85. The fourth-order valence-electron chi connectivity index (χ4n) is 4.52. The molecule has 1 saturated heterocycles. The Labute approximate surface area is 248 Å². The predicted octanol–water partition coefficient (Wildman–Crippen LogP) is 4.60. The topological polar surface area (TPSA) is 118 Å². The molecule has 0 unspecified atom stereocenters. The second-order valence-corrected chi connectivity index (χ2v) is 9.77. The number of aliphatic hydroxyl groups excluding tert-OH is 1. The van der Waals surface area contributed by atoms with Crippen molar-refractivity contribution in [2.24, 2.45) is 0 Å². The van der Waals surface area contributed by atoms with Gasteiger partial charge in [0, 0.05) is 0 Å². The first-order valence-electron chi connectivity index (χ1n) is 13.7. The van der Waals surface area contributed by atoms with Crippen molar-refractivity contribution in [2.45, 2.75) is 37.3 Å². The maximum Gasteiger partial charge on any atom is 0.338 e. The van der Waals surface area contributed by atoms with Crippen molar-refractivity contribution in [1.29, 1.82) is 0 Å². The monoisotopic (exact) mass is 582 g/mol. The molecule has 0 spiro atoms. The van der Waals surface area contributed by atoms with Crippen LogP contribution in [0.4, 0.5) is 0 Å². The summed E-state index contributed by atoms with van der Waals surface area (Å²) in [4.78, 5) is 39.0.